The Morgan fingerprint density at radius 2 is 2.36 bits per heavy atom. The third-order valence-corrected chi connectivity index (χ3v) is 1.87. The van der Waals surface area contributed by atoms with Crippen LogP contribution in [0.1, 0.15) is 0 Å². The van der Waals surface area contributed by atoms with Crippen LogP contribution in [-0.2, 0) is 0 Å². The lowest BCUT2D eigenvalue weighted by molar-refractivity contribution is 0.142. The van der Waals surface area contributed by atoms with Crippen LogP contribution in [0.25, 0.3) is 0 Å². The first kappa shape index (κ1) is 6.61. The molecule has 0 aliphatic carbocycles. The van der Waals surface area contributed by atoms with Crippen molar-refractivity contribution in [3.05, 3.63) is 24.5 Å². The number of β-amino-alcohol motifs (C(OH)–C–C–N with tert-alkyl or cyclic N) is 1. The zero-order valence-electron chi connectivity index (χ0n) is 6.14. The van der Waals surface area contributed by atoms with E-state index >= 15 is 0 Å². The molecule has 1 aliphatic heterocycles. The highest BCUT2D eigenvalue weighted by Crippen LogP contribution is 2.18. The monoisotopic (exact) mass is 150 g/mol. The smallest absolute Gasteiger partial charge is 0.0889 e. The average Bonchev–Trinajstić information content (AvgIpc) is 2.01. The van der Waals surface area contributed by atoms with Crippen LogP contribution in [0.3, 0.4) is 0 Å². The fraction of sp³-hybridized carbons (Fsp3) is 0.375. The van der Waals surface area contributed by atoms with E-state index in [9.17, 15) is 0 Å². The predicted octanol–water partition coefficient (Wildman–Crippen LogP) is 0.262. The summed E-state index contributed by atoms with van der Waals surface area (Å²) in [4.78, 5) is 6.08. The second-order valence-corrected chi connectivity index (χ2v) is 2.77. The Labute approximate surface area is 65.3 Å². The summed E-state index contributed by atoms with van der Waals surface area (Å²) in [7, 11) is 0. The highest BCUT2D eigenvalue weighted by Gasteiger charge is 2.23. The minimum absolute atomic E-state index is 0.143. The van der Waals surface area contributed by atoms with E-state index in [1.165, 1.54) is 0 Å². The molecule has 2 heterocycles. The van der Waals surface area contributed by atoms with Crippen LogP contribution in [-0.4, -0.2) is 29.3 Å². The average molecular weight is 150 g/mol. The van der Waals surface area contributed by atoms with Crippen molar-refractivity contribution in [2.45, 2.75) is 6.10 Å². The second-order valence-electron chi connectivity index (χ2n) is 2.77. The highest BCUT2D eigenvalue weighted by molar-refractivity contribution is 5.46. The zero-order chi connectivity index (χ0) is 7.68. The summed E-state index contributed by atoms with van der Waals surface area (Å²) in [6.07, 6.45) is 3.42. The number of aliphatic hydroxyl groups is 1. The highest BCUT2D eigenvalue weighted by atomic mass is 16.3. The van der Waals surface area contributed by atoms with Gasteiger partial charge >= 0.3 is 0 Å². The van der Waals surface area contributed by atoms with E-state index in [0.29, 0.717) is 0 Å². The van der Waals surface area contributed by atoms with Gasteiger partial charge in [0.05, 0.1) is 18.0 Å². The molecule has 1 aromatic heterocycles. The molecule has 11 heavy (non-hydrogen) atoms. The van der Waals surface area contributed by atoms with Gasteiger partial charge in [0.1, 0.15) is 0 Å². The Hall–Kier alpha value is -1.09. The summed E-state index contributed by atoms with van der Waals surface area (Å²) in [5.41, 5.74) is 1.10. The van der Waals surface area contributed by atoms with Gasteiger partial charge in [-0.1, -0.05) is 0 Å². The van der Waals surface area contributed by atoms with Crippen molar-refractivity contribution in [3.63, 3.8) is 0 Å². The molecule has 1 aromatic rings. The van der Waals surface area contributed by atoms with Crippen molar-refractivity contribution in [1.82, 2.24) is 4.98 Å². The second kappa shape index (κ2) is 2.51. The topological polar surface area (TPSA) is 36.4 Å². The van der Waals surface area contributed by atoms with Gasteiger partial charge in [-0.05, 0) is 12.1 Å². The fourth-order valence-electron chi connectivity index (χ4n) is 1.21. The summed E-state index contributed by atoms with van der Waals surface area (Å²) in [5, 5.41) is 9.02. The van der Waals surface area contributed by atoms with E-state index in [0.717, 1.165) is 18.8 Å². The van der Waals surface area contributed by atoms with Gasteiger partial charge in [0.15, 0.2) is 0 Å². The fourth-order valence-corrected chi connectivity index (χ4v) is 1.21. The number of pyridine rings is 1. The summed E-state index contributed by atoms with van der Waals surface area (Å²) in [5.74, 6) is 0. The first-order chi connectivity index (χ1) is 5.36. The maximum atomic E-state index is 9.02. The van der Waals surface area contributed by atoms with Crippen molar-refractivity contribution < 1.29 is 5.11 Å². The van der Waals surface area contributed by atoms with Crippen LogP contribution in [0.5, 0.6) is 0 Å². The number of aromatic nitrogens is 1. The minimum Gasteiger partial charge on any atom is -0.389 e. The van der Waals surface area contributed by atoms with Crippen molar-refractivity contribution in [1.29, 1.82) is 0 Å². The Morgan fingerprint density at radius 3 is 2.91 bits per heavy atom. The molecule has 0 amide bonds. The maximum absolute atomic E-state index is 9.02. The molecule has 0 aromatic carbocycles. The van der Waals surface area contributed by atoms with E-state index in [1.54, 1.807) is 6.20 Å². The SMILES string of the molecule is OC1CN(c2cccnc2)C1. The lowest BCUT2D eigenvalue weighted by Crippen LogP contribution is -2.50. The minimum atomic E-state index is -0.143. The molecule has 0 saturated carbocycles. The number of anilines is 1. The lowest BCUT2D eigenvalue weighted by Gasteiger charge is -2.37. The van der Waals surface area contributed by atoms with Crippen LogP contribution >= 0.6 is 0 Å². The van der Waals surface area contributed by atoms with Gasteiger partial charge < -0.3 is 10.0 Å². The van der Waals surface area contributed by atoms with Crippen molar-refractivity contribution >= 4 is 5.69 Å². The van der Waals surface area contributed by atoms with E-state index in [1.807, 2.05) is 18.3 Å². The third kappa shape index (κ3) is 1.19. The zero-order valence-corrected chi connectivity index (χ0v) is 6.14. The molecule has 3 heteroatoms. The molecule has 0 spiro atoms. The number of nitrogens with zero attached hydrogens (tertiary/aromatic N) is 2. The van der Waals surface area contributed by atoms with Gasteiger partial charge in [0.2, 0.25) is 0 Å². The Balaban J connectivity index is 2.08. The van der Waals surface area contributed by atoms with E-state index in [-0.39, 0.29) is 6.10 Å². The van der Waals surface area contributed by atoms with E-state index in [4.69, 9.17) is 5.11 Å². The van der Waals surface area contributed by atoms with Gasteiger partial charge in [-0.15, -0.1) is 0 Å². The van der Waals surface area contributed by atoms with Crippen molar-refractivity contribution in [3.8, 4) is 0 Å². The summed E-state index contributed by atoms with van der Waals surface area (Å²) in [6, 6.07) is 3.90. The van der Waals surface area contributed by atoms with Crippen LogP contribution in [0, 0.1) is 0 Å². The molecule has 1 fully saturated rings. The summed E-state index contributed by atoms with van der Waals surface area (Å²) < 4.78 is 0. The predicted molar refractivity (Wildman–Crippen MR) is 42.5 cm³/mol. The van der Waals surface area contributed by atoms with Gasteiger partial charge in [0.25, 0.3) is 0 Å². The number of hydrogen-bond acceptors (Lipinski definition) is 3. The van der Waals surface area contributed by atoms with Gasteiger partial charge in [-0.2, -0.15) is 0 Å². The molecular formula is C8H10N2O. The molecule has 0 radical (unpaired) electrons. The van der Waals surface area contributed by atoms with E-state index in [2.05, 4.69) is 9.88 Å². The van der Waals surface area contributed by atoms with Gasteiger partial charge in [0, 0.05) is 19.3 Å². The normalized spacial score (nSPS) is 18.1. The lowest BCUT2D eigenvalue weighted by atomic mass is 10.1. The molecule has 0 unspecified atom stereocenters. The number of aliphatic hydroxyl groups excluding tert-OH is 1. The third-order valence-electron chi connectivity index (χ3n) is 1.87. The molecule has 3 nitrogen and oxygen atoms in total. The molecule has 2 rings (SSSR count). The van der Waals surface area contributed by atoms with Crippen LogP contribution < -0.4 is 4.90 Å². The first-order valence-corrected chi connectivity index (χ1v) is 3.69. The molecule has 1 N–H and O–H groups in total. The van der Waals surface area contributed by atoms with Crippen LogP contribution in [0.2, 0.25) is 0 Å². The molecule has 1 saturated heterocycles. The van der Waals surface area contributed by atoms with Crippen LogP contribution in [0.4, 0.5) is 5.69 Å². The quantitative estimate of drug-likeness (QED) is 0.624. The largest absolute Gasteiger partial charge is 0.389 e. The molecule has 58 valence electrons. The number of hydrogen-bond donors (Lipinski definition) is 1. The van der Waals surface area contributed by atoms with E-state index < -0.39 is 0 Å². The Bertz CT molecular complexity index is 231. The van der Waals surface area contributed by atoms with Gasteiger partial charge in [-0.25, -0.2) is 0 Å². The maximum Gasteiger partial charge on any atom is 0.0889 e. The molecule has 1 aliphatic rings. The van der Waals surface area contributed by atoms with Crippen molar-refractivity contribution in [2.24, 2.45) is 0 Å². The molecule has 0 bridgehead atoms. The van der Waals surface area contributed by atoms with Crippen LogP contribution in [0.15, 0.2) is 24.5 Å². The molecular weight excluding hydrogens is 140 g/mol. The van der Waals surface area contributed by atoms with Crippen molar-refractivity contribution in [2.75, 3.05) is 18.0 Å². The Kier molecular flexibility index (Phi) is 1.51. The number of rotatable bonds is 1. The Morgan fingerprint density at radius 1 is 1.55 bits per heavy atom. The summed E-state index contributed by atoms with van der Waals surface area (Å²) in [6.45, 7) is 1.48. The first-order valence-electron chi connectivity index (χ1n) is 3.69. The molecule has 0 atom stereocenters. The summed E-state index contributed by atoms with van der Waals surface area (Å²) >= 11 is 0. The van der Waals surface area contributed by atoms with Gasteiger partial charge in [-0.3, -0.25) is 4.98 Å². The standard InChI is InChI=1S/C8H10N2O/c11-8-5-10(6-8)7-2-1-3-9-4-7/h1-4,8,11H,5-6H2.